The first kappa shape index (κ1) is 15.8. The molecule has 0 atom stereocenters. The van der Waals surface area contributed by atoms with Gasteiger partial charge in [-0.15, -0.1) is 0 Å². The number of nitrogens with one attached hydrogen (secondary N) is 1. The first-order valence-electron chi connectivity index (χ1n) is 6.29. The van der Waals surface area contributed by atoms with Crippen molar-refractivity contribution in [1.29, 1.82) is 0 Å². The normalized spacial score (nSPS) is 10.9. The highest BCUT2D eigenvalue weighted by molar-refractivity contribution is 4.38. The minimum Gasteiger partial charge on any atom is -0.379 e. The summed E-state index contributed by atoms with van der Waals surface area (Å²) in [7, 11) is 1.91. The highest BCUT2D eigenvalue weighted by atomic mass is 16.5. The molecule has 0 aromatic carbocycles. The molecule has 0 bridgehead atoms. The van der Waals surface area contributed by atoms with Crippen molar-refractivity contribution in [1.82, 2.24) is 5.32 Å². The van der Waals surface area contributed by atoms with Gasteiger partial charge in [0.05, 0.1) is 33.0 Å². The predicted octanol–water partition coefficient (Wildman–Crippen LogP) is 1.45. The summed E-state index contributed by atoms with van der Waals surface area (Å²) in [6.07, 6.45) is 3.65. The average molecular weight is 233 g/mol. The van der Waals surface area contributed by atoms with Gasteiger partial charge >= 0.3 is 0 Å². The lowest BCUT2D eigenvalue weighted by molar-refractivity contribution is 0.0147. The molecule has 4 nitrogen and oxygen atoms in total. The van der Waals surface area contributed by atoms with E-state index in [0.717, 1.165) is 26.2 Å². The smallest absolute Gasteiger partial charge is 0.0701 e. The fourth-order valence-corrected chi connectivity index (χ4v) is 1.17. The molecule has 0 aromatic heterocycles. The SMILES string of the molecule is CCCCCOCCOCCOCCNC. The summed E-state index contributed by atoms with van der Waals surface area (Å²) in [6, 6.07) is 0. The Bertz CT molecular complexity index is 109. The predicted molar refractivity (Wildman–Crippen MR) is 65.9 cm³/mol. The van der Waals surface area contributed by atoms with Gasteiger partial charge in [0.15, 0.2) is 0 Å². The quantitative estimate of drug-likeness (QED) is 0.489. The molecule has 0 unspecified atom stereocenters. The van der Waals surface area contributed by atoms with Crippen molar-refractivity contribution < 1.29 is 14.2 Å². The molecule has 98 valence electrons. The Balaban J connectivity index is 2.83. The zero-order chi connectivity index (χ0) is 11.9. The molecule has 0 amide bonds. The van der Waals surface area contributed by atoms with Crippen LogP contribution in [0.4, 0.5) is 0 Å². The highest BCUT2D eigenvalue weighted by Gasteiger charge is 1.91. The van der Waals surface area contributed by atoms with Gasteiger partial charge < -0.3 is 19.5 Å². The summed E-state index contributed by atoms with van der Waals surface area (Å²) in [4.78, 5) is 0. The van der Waals surface area contributed by atoms with Crippen molar-refractivity contribution in [3.63, 3.8) is 0 Å². The Hall–Kier alpha value is -0.160. The number of rotatable bonds is 13. The maximum absolute atomic E-state index is 5.41. The van der Waals surface area contributed by atoms with E-state index in [2.05, 4.69) is 12.2 Å². The van der Waals surface area contributed by atoms with Gasteiger partial charge in [-0.1, -0.05) is 19.8 Å². The Morgan fingerprint density at radius 3 is 1.88 bits per heavy atom. The summed E-state index contributed by atoms with van der Waals surface area (Å²) in [6.45, 7) is 7.36. The van der Waals surface area contributed by atoms with Crippen LogP contribution in [0.15, 0.2) is 0 Å². The van der Waals surface area contributed by atoms with Crippen molar-refractivity contribution >= 4 is 0 Å². The standard InChI is InChI=1S/C12H27NO3/c1-3-4-5-7-14-9-11-16-12-10-15-8-6-13-2/h13H,3-12H2,1-2H3. The van der Waals surface area contributed by atoms with E-state index in [1.807, 2.05) is 7.05 Å². The van der Waals surface area contributed by atoms with Crippen molar-refractivity contribution in [2.45, 2.75) is 26.2 Å². The first-order valence-corrected chi connectivity index (χ1v) is 6.29. The van der Waals surface area contributed by atoms with Crippen LogP contribution < -0.4 is 5.32 Å². The second kappa shape index (κ2) is 14.8. The molecule has 0 aliphatic carbocycles. The molecule has 0 spiro atoms. The van der Waals surface area contributed by atoms with Crippen LogP contribution >= 0.6 is 0 Å². The van der Waals surface area contributed by atoms with Crippen LogP contribution in [0.5, 0.6) is 0 Å². The van der Waals surface area contributed by atoms with Crippen molar-refractivity contribution in [2.24, 2.45) is 0 Å². The van der Waals surface area contributed by atoms with E-state index < -0.39 is 0 Å². The van der Waals surface area contributed by atoms with E-state index >= 15 is 0 Å². The lowest BCUT2D eigenvalue weighted by Gasteiger charge is -2.06. The molecule has 0 aliphatic heterocycles. The highest BCUT2D eigenvalue weighted by Crippen LogP contribution is 1.93. The summed E-state index contributed by atoms with van der Waals surface area (Å²) in [5.74, 6) is 0. The summed E-state index contributed by atoms with van der Waals surface area (Å²) in [5, 5.41) is 3.02. The van der Waals surface area contributed by atoms with Crippen molar-refractivity contribution in [3.8, 4) is 0 Å². The topological polar surface area (TPSA) is 39.7 Å². The van der Waals surface area contributed by atoms with Gasteiger partial charge in [-0.25, -0.2) is 0 Å². The second-order valence-electron chi connectivity index (χ2n) is 3.65. The van der Waals surface area contributed by atoms with Crippen LogP contribution in [0.3, 0.4) is 0 Å². The molecule has 0 rings (SSSR count). The largest absolute Gasteiger partial charge is 0.379 e. The summed E-state index contributed by atoms with van der Waals surface area (Å²) in [5.41, 5.74) is 0. The molecular weight excluding hydrogens is 206 g/mol. The van der Waals surface area contributed by atoms with Crippen LogP contribution in [-0.4, -0.2) is 53.2 Å². The maximum atomic E-state index is 5.41. The zero-order valence-corrected chi connectivity index (χ0v) is 10.8. The molecular formula is C12H27NO3. The van der Waals surface area contributed by atoms with E-state index in [1.54, 1.807) is 0 Å². The van der Waals surface area contributed by atoms with Crippen LogP contribution in [0.2, 0.25) is 0 Å². The summed E-state index contributed by atoms with van der Waals surface area (Å²) >= 11 is 0. The van der Waals surface area contributed by atoms with Crippen LogP contribution in [-0.2, 0) is 14.2 Å². The minimum atomic E-state index is 0.655. The maximum Gasteiger partial charge on any atom is 0.0701 e. The molecule has 0 aliphatic rings. The lowest BCUT2D eigenvalue weighted by atomic mass is 10.3. The van der Waals surface area contributed by atoms with Gasteiger partial charge in [-0.2, -0.15) is 0 Å². The number of unbranched alkanes of at least 4 members (excludes halogenated alkanes) is 2. The van der Waals surface area contributed by atoms with Gasteiger partial charge in [-0.3, -0.25) is 0 Å². The van der Waals surface area contributed by atoms with Crippen molar-refractivity contribution in [2.75, 3.05) is 53.2 Å². The molecule has 0 radical (unpaired) electrons. The van der Waals surface area contributed by atoms with Crippen molar-refractivity contribution in [3.05, 3.63) is 0 Å². The molecule has 0 saturated carbocycles. The second-order valence-corrected chi connectivity index (χ2v) is 3.65. The lowest BCUT2D eigenvalue weighted by Crippen LogP contribution is -2.16. The van der Waals surface area contributed by atoms with E-state index in [1.165, 1.54) is 12.8 Å². The first-order chi connectivity index (χ1) is 7.91. The third-order valence-corrected chi connectivity index (χ3v) is 2.13. The molecule has 4 heteroatoms. The van der Waals surface area contributed by atoms with E-state index in [4.69, 9.17) is 14.2 Å². The number of ether oxygens (including phenoxy) is 3. The Labute approximate surface area is 99.6 Å². The molecule has 0 aromatic rings. The Morgan fingerprint density at radius 2 is 1.31 bits per heavy atom. The fraction of sp³-hybridized carbons (Fsp3) is 1.00. The Morgan fingerprint density at radius 1 is 0.750 bits per heavy atom. The van der Waals surface area contributed by atoms with Crippen LogP contribution in [0, 0.1) is 0 Å². The minimum absolute atomic E-state index is 0.655. The zero-order valence-electron chi connectivity index (χ0n) is 10.8. The molecule has 1 N–H and O–H groups in total. The van der Waals surface area contributed by atoms with E-state index in [0.29, 0.717) is 26.4 Å². The fourth-order valence-electron chi connectivity index (χ4n) is 1.17. The van der Waals surface area contributed by atoms with Gasteiger partial charge in [0.25, 0.3) is 0 Å². The average Bonchev–Trinajstić information content (AvgIpc) is 2.31. The third-order valence-electron chi connectivity index (χ3n) is 2.13. The van der Waals surface area contributed by atoms with Crippen LogP contribution in [0.1, 0.15) is 26.2 Å². The number of likely N-dealkylation sites (N-methyl/N-ethyl adjacent to an activating group) is 1. The van der Waals surface area contributed by atoms with Gasteiger partial charge in [0.2, 0.25) is 0 Å². The molecule has 16 heavy (non-hydrogen) atoms. The monoisotopic (exact) mass is 233 g/mol. The molecule has 0 fully saturated rings. The molecule has 0 saturated heterocycles. The van der Waals surface area contributed by atoms with Gasteiger partial charge in [-0.05, 0) is 13.5 Å². The van der Waals surface area contributed by atoms with Gasteiger partial charge in [0.1, 0.15) is 0 Å². The van der Waals surface area contributed by atoms with E-state index in [-0.39, 0.29) is 0 Å². The Kier molecular flexibility index (Phi) is 14.7. The molecule has 0 heterocycles. The third kappa shape index (κ3) is 13.8. The number of hydrogen-bond acceptors (Lipinski definition) is 4. The van der Waals surface area contributed by atoms with Crippen LogP contribution in [0.25, 0.3) is 0 Å². The number of hydrogen-bond donors (Lipinski definition) is 1. The summed E-state index contributed by atoms with van der Waals surface area (Å²) < 4.78 is 16.1. The van der Waals surface area contributed by atoms with E-state index in [9.17, 15) is 0 Å². The van der Waals surface area contributed by atoms with Gasteiger partial charge in [0, 0.05) is 13.2 Å².